The fourth-order valence-corrected chi connectivity index (χ4v) is 4.95. The number of nitrogens with one attached hydrogen (secondary N) is 4. The molecule has 0 saturated heterocycles. The van der Waals surface area contributed by atoms with Gasteiger partial charge in [-0.1, -0.05) is 24.3 Å². The third kappa shape index (κ3) is 15.4. The molecule has 0 bridgehead atoms. The van der Waals surface area contributed by atoms with Crippen LogP contribution in [-0.4, -0.2) is 104 Å². The molecule has 0 aliphatic carbocycles. The molecular weight excluding hydrogens is 684 g/mol. The second-order valence-electron chi connectivity index (χ2n) is 12.1. The van der Waals surface area contributed by atoms with Crippen molar-refractivity contribution < 1.29 is 59.1 Å². The standard InChI is InChI=1S/C34H46N6O12/c35-16-2-1-3-25(34(51)52)38-31(48)24(13-15-29(45)46)37-32(49)27(18-20-6-10-22(42)11-7-20)40-33(50)26(17-19-4-8-21(41)9-5-19)39-30(47)23(36)12-14-28(43)44/h4-11,23-27,41-42H,1-3,12-18,35-36H2,(H,37,49)(H,38,48)(H,39,47)(H,40,50)(H,43,44)(H,45,46)(H,51,52)/t23-,24-,25-,26-,27-/m0/s1. The number of amides is 4. The highest BCUT2D eigenvalue weighted by molar-refractivity contribution is 5.96. The fraction of sp³-hybridized carbons (Fsp3) is 0.441. The van der Waals surface area contributed by atoms with E-state index in [0.717, 1.165) is 0 Å². The topological polar surface area (TPSA) is 321 Å². The zero-order chi connectivity index (χ0) is 38.8. The first-order valence-corrected chi connectivity index (χ1v) is 16.5. The highest BCUT2D eigenvalue weighted by Gasteiger charge is 2.32. The van der Waals surface area contributed by atoms with Gasteiger partial charge in [-0.2, -0.15) is 0 Å². The van der Waals surface area contributed by atoms with Crippen molar-refractivity contribution in [2.24, 2.45) is 11.5 Å². The van der Waals surface area contributed by atoms with E-state index in [9.17, 15) is 54.0 Å². The Morgan fingerprint density at radius 1 is 0.538 bits per heavy atom. The van der Waals surface area contributed by atoms with E-state index in [4.69, 9.17) is 16.6 Å². The number of phenols is 2. The number of rotatable bonds is 23. The molecule has 0 spiro atoms. The molecule has 18 heteroatoms. The molecule has 0 aliphatic heterocycles. The predicted octanol–water partition coefficient (Wildman–Crippen LogP) is -0.907. The molecule has 2 rings (SSSR count). The Balaban J connectivity index is 2.41. The lowest BCUT2D eigenvalue weighted by Crippen LogP contribution is -2.59. The highest BCUT2D eigenvalue weighted by atomic mass is 16.4. The molecule has 0 heterocycles. The Bertz CT molecular complexity index is 1540. The summed E-state index contributed by atoms with van der Waals surface area (Å²) in [6.07, 6.45) is -1.19. The highest BCUT2D eigenvalue weighted by Crippen LogP contribution is 2.15. The maximum absolute atomic E-state index is 13.8. The number of aliphatic carboxylic acids is 3. The van der Waals surface area contributed by atoms with E-state index in [1.807, 2.05) is 0 Å². The molecule has 0 fully saturated rings. The Labute approximate surface area is 298 Å². The molecule has 4 amide bonds. The van der Waals surface area contributed by atoms with Crippen molar-refractivity contribution in [1.82, 2.24) is 21.3 Å². The Morgan fingerprint density at radius 3 is 1.38 bits per heavy atom. The first-order valence-electron chi connectivity index (χ1n) is 16.5. The minimum atomic E-state index is -1.54. The Kier molecular flexibility index (Phi) is 17.5. The number of unbranched alkanes of at least 4 members (excludes halogenated alkanes) is 1. The lowest BCUT2D eigenvalue weighted by molar-refractivity contribution is -0.143. The largest absolute Gasteiger partial charge is 0.508 e. The van der Waals surface area contributed by atoms with Crippen LogP contribution in [0.1, 0.15) is 56.1 Å². The number of nitrogens with two attached hydrogens (primary N) is 2. The zero-order valence-corrected chi connectivity index (χ0v) is 28.3. The minimum absolute atomic E-state index is 0.0194. The number of hydrogen-bond acceptors (Lipinski definition) is 11. The Morgan fingerprint density at radius 2 is 0.942 bits per heavy atom. The fourth-order valence-electron chi connectivity index (χ4n) is 4.95. The summed E-state index contributed by atoms with van der Waals surface area (Å²) in [4.78, 5) is 88.1. The summed E-state index contributed by atoms with van der Waals surface area (Å²) in [7, 11) is 0. The van der Waals surface area contributed by atoms with Crippen LogP contribution in [0.3, 0.4) is 0 Å². The van der Waals surface area contributed by atoms with E-state index in [0.29, 0.717) is 30.5 Å². The van der Waals surface area contributed by atoms with Gasteiger partial charge in [0.15, 0.2) is 0 Å². The number of hydrogen-bond donors (Lipinski definition) is 11. The summed E-state index contributed by atoms with van der Waals surface area (Å²) < 4.78 is 0. The van der Waals surface area contributed by atoms with E-state index in [-0.39, 0.29) is 37.2 Å². The molecule has 0 saturated carbocycles. The molecular formula is C34H46N6O12. The van der Waals surface area contributed by atoms with Crippen LogP contribution in [0.5, 0.6) is 11.5 Å². The first-order chi connectivity index (χ1) is 24.6. The molecule has 0 radical (unpaired) electrons. The summed E-state index contributed by atoms with van der Waals surface area (Å²) in [5.74, 6) is -7.69. The van der Waals surface area contributed by atoms with Gasteiger partial charge in [0.2, 0.25) is 23.6 Å². The smallest absolute Gasteiger partial charge is 0.326 e. The summed E-state index contributed by atoms with van der Waals surface area (Å²) in [5.41, 5.74) is 12.2. The van der Waals surface area contributed by atoms with E-state index in [1.54, 1.807) is 0 Å². The van der Waals surface area contributed by atoms with Gasteiger partial charge in [0, 0.05) is 25.7 Å². The molecule has 5 atom stereocenters. The van der Waals surface area contributed by atoms with Crippen LogP contribution in [0.2, 0.25) is 0 Å². The van der Waals surface area contributed by atoms with E-state index in [2.05, 4.69) is 21.3 Å². The number of carboxylic acid groups (broad SMARTS) is 3. The van der Waals surface area contributed by atoms with Crippen LogP contribution in [0.15, 0.2) is 48.5 Å². The van der Waals surface area contributed by atoms with Crippen LogP contribution in [0, 0.1) is 0 Å². The maximum atomic E-state index is 13.8. The molecule has 0 aromatic heterocycles. The number of carbonyl (C=O) groups is 7. The van der Waals surface area contributed by atoms with Crippen molar-refractivity contribution in [2.45, 2.75) is 88.0 Å². The van der Waals surface area contributed by atoms with Gasteiger partial charge >= 0.3 is 17.9 Å². The molecule has 13 N–H and O–H groups in total. The lowest BCUT2D eigenvalue weighted by atomic mass is 10.0. The Hall–Kier alpha value is -5.75. The number of carbonyl (C=O) groups excluding carboxylic acids is 4. The first kappa shape index (κ1) is 42.4. The van der Waals surface area contributed by atoms with Gasteiger partial charge in [-0.3, -0.25) is 28.8 Å². The third-order valence-electron chi connectivity index (χ3n) is 7.87. The second-order valence-corrected chi connectivity index (χ2v) is 12.1. The van der Waals surface area contributed by atoms with E-state index < -0.39 is 91.0 Å². The number of phenolic OH excluding ortho intramolecular Hbond substituents is 2. The number of carboxylic acids is 3. The van der Waals surface area contributed by atoms with Crippen molar-refractivity contribution in [2.75, 3.05) is 6.54 Å². The average molecular weight is 731 g/mol. The van der Waals surface area contributed by atoms with Crippen LogP contribution in [0.4, 0.5) is 0 Å². The summed E-state index contributed by atoms with van der Waals surface area (Å²) in [6.45, 7) is 0.294. The van der Waals surface area contributed by atoms with Gasteiger partial charge in [0.05, 0.1) is 6.04 Å². The maximum Gasteiger partial charge on any atom is 0.326 e. The van der Waals surface area contributed by atoms with E-state index in [1.165, 1.54) is 48.5 Å². The quantitative estimate of drug-likeness (QED) is 0.0617. The average Bonchev–Trinajstić information content (AvgIpc) is 3.09. The van der Waals surface area contributed by atoms with Gasteiger partial charge in [0.25, 0.3) is 0 Å². The van der Waals surface area contributed by atoms with Gasteiger partial charge in [-0.05, 0) is 74.0 Å². The van der Waals surface area contributed by atoms with Crippen LogP contribution in [-0.2, 0) is 46.4 Å². The van der Waals surface area contributed by atoms with Crippen LogP contribution >= 0.6 is 0 Å². The van der Waals surface area contributed by atoms with Gasteiger partial charge in [-0.15, -0.1) is 0 Å². The van der Waals surface area contributed by atoms with Crippen LogP contribution < -0.4 is 32.7 Å². The molecule has 0 unspecified atom stereocenters. The zero-order valence-electron chi connectivity index (χ0n) is 28.3. The number of benzene rings is 2. The lowest BCUT2D eigenvalue weighted by Gasteiger charge is -2.26. The molecule has 2 aromatic carbocycles. The van der Waals surface area contributed by atoms with Gasteiger partial charge in [-0.25, -0.2) is 4.79 Å². The molecule has 0 aliphatic rings. The van der Waals surface area contributed by atoms with E-state index >= 15 is 0 Å². The minimum Gasteiger partial charge on any atom is -0.508 e. The number of aromatic hydroxyl groups is 2. The molecule has 52 heavy (non-hydrogen) atoms. The van der Waals surface area contributed by atoms with Gasteiger partial charge < -0.3 is 58.3 Å². The van der Waals surface area contributed by atoms with Crippen molar-refractivity contribution >= 4 is 41.5 Å². The third-order valence-corrected chi connectivity index (χ3v) is 7.87. The normalized spacial score (nSPS) is 13.7. The van der Waals surface area contributed by atoms with Crippen LogP contribution in [0.25, 0.3) is 0 Å². The molecule has 284 valence electrons. The van der Waals surface area contributed by atoms with Crippen molar-refractivity contribution in [3.8, 4) is 11.5 Å². The molecule has 18 nitrogen and oxygen atoms in total. The van der Waals surface area contributed by atoms with Crippen molar-refractivity contribution in [3.05, 3.63) is 59.7 Å². The second kappa shape index (κ2) is 21.5. The SMILES string of the molecule is NCCCC[C@H](NC(=O)[C@H](CCC(=O)O)NC(=O)[C@H](Cc1ccc(O)cc1)NC(=O)[C@H](Cc1ccc(O)cc1)NC(=O)[C@@H](N)CCC(=O)O)C(=O)O. The molecule has 2 aromatic rings. The monoisotopic (exact) mass is 730 g/mol. The van der Waals surface area contributed by atoms with Crippen molar-refractivity contribution in [3.63, 3.8) is 0 Å². The summed E-state index contributed by atoms with van der Waals surface area (Å²) in [6, 6.07) is 4.19. The predicted molar refractivity (Wildman–Crippen MR) is 184 cm³/mol. The van der Waals surface area contributed by atoms with Crippen molar-refractivity contribution in [1.29, 1.82) is 0 Å². The summed E-state index contributed by atoms with van der Waals surface area (Å²) in [5, 5.41) is 57.1. The summed E-state index contributed by atoms with van der Waals surface area (Å²) >= 11 is 0. The van der Waals surface area contributed by atoms with Gasteiger partial charge in [0.1, 0.15) is 35.7 Å².